The van der Waals surface area contributed by atoms with E-state index in [0.717, 1.165) is 44.1 Å². The number of benzene rings is 1. The van der Waals surface area contributed by atoms with Crippen LogP contribution >= 0.6 is 0 Å². The average molecular weight is 344 g/mol. The number of hydrogen-bond acceptors (Lipinski definition) is 3. The lowest BCUT2D eigenvalue weighted by atomic mass is 10.0. The fraction of sp³-hybridized carbons (Fsp3) is 0.625. The molecule has 128 valence electrons. The van der Waals surface area contributed by atoms with E-state index >= 15 is 0 Å². The summed E-state index contributed by atoms with van der Waals surface area (Å²) in [6, 6.07) is 3.20. The van der Waals surface area contributed by atoms with Crippen molar-refractivity contribution in [3.05, 3.63) is 29.8 Å². The highest BCUT2D eigenvalue weighted by molar-refractivity contribution is 7.89. The van der Waals surface area contributed by atoms with E-state index in [9.17, 15) is 17.2 Å². The van der Waals surface area contributed by atoms with Crippen LogP contribution in [-0.2, 0) is 10.0 Å². The molecule has 0 amide bonds. The highest BCUT2D eigenvalue weighted by atomic mass is 32.2. The molecule has 0 aromatic heterocycles. The van der Waals surface area contributed by atoms with Gasteiger partial charge in [0.05, 0.1) is 4.90 Å². The molecule has 2 aliphatic rings. The SMILES string of the molecule is O=S(=O)(c1ccc(F)c(F)c1)N1CCC(N2CCCCC2)CC1. The Bertz CT molecular complexity index is 652. The van der Waals surface area contributed by atoms with E-state index < -0.39 is 21.7 Å². The van der Waals surface area contributed by atoms with Crippen LogP contribution in [0.15, 0.2) is 23.1 Å². The number of likely N-dealkylation sites (tertiary alicyclic amines) is 1. The molecule has 0 saturated carbocycles. The first kappa shape index (κ1) is 16.8. The summed E-state index contributed by atoms with van der Waals surface area (Å²) in [7, 11) is -3.75. The maximum absolute atomic E-state index is 13.3. The number of rotatable bonds is 3. The van der Waals surface area contributed by atoms with Crippen molar-refractivity contribution in [1.29, 1.82) is 0 Å². The van der Waals surface area contributed by atoms with E-state index in [1.807, 2.05) is 0 Å². The maximum atomic E-state index is 13.3. The molecule has 2 aliphatic heterocycles. The number of hydrogen-bond donors (Lipinski definition) is 0. The Morgan fingerprint density at radius 1 is 0.913 bits per heavy atom. The zero-order valence-corrected chi connectivity index (χ0v) is 13.9. The minimum Gasteiger partial charge on any atom is -0.300 e. The molecule has 23 heavy (non-hydrogen) atoms. The highest BCUT2D eigenvalue weighted by Crippen LogP contribution is 2.25. The summed E-state index contributed by atoms with van der Waals surface area (Å²) in [5, 5.41) is 0. The standard InChI is InChI=1S/C16H22F2N2O2S/c17-15-5-4-14(12-16(15)18)23(21,22)20-10-6-13(7-11-20)19-8-2-1-3-9-19/h4-5,12-13H,1-3,6-11H2. The van der Waals surface area contributed by atoms with Gasteiger partial charge in [-0.1, -0.05) is 6.42 Å². The third-order valence-corrected chi connectivity index (χ3v) is 6.75. The normalized spacial score (nSPS) is 22.3. The van der Waals surface area contributed by atoms with Gasteiger partial charge in [0.1, 0.15) is 0 Å². The topological polar surface area (TPSA) is 40.6 Å². The minimum atomic E-state index is -3.75. The molecule has 2 heterocycles. The van der Waals surface area contributed by atoms with Crippen LogP contribution in [0, 0.1) is 11.6 Å². The van der Waals surface area contributed by atoms with Crippen molar-refractivity contribution in [2.45, 2.75) is 43.0 Å². The van der Waals surface area contributed by atoms with E-state index in [4.69, 9.17) is 0 Å². The minimum absolute atomic E-state index is 0.173. The average Bonchev–Trinajstić information content (AvgIpc) is 2.58. The van der Waals surface area contributed by atoms with Crippen molar-refractivity contribution in [3.8, 4) is 0 Å². The Morgan fingerprint density at radius 3 is 2.17 bits per heavy atom. The molecule has 0 radical (unpaired) electrons. The molecular formula is C16H22F2N2O2S. The molecular weight excluding hydrogens is 322 g/mol. The van der Waals surface area contributed by atoms with Crippen LogP contribution in [0.1, 0.15) is 32.1 Å². The van der Waals surface area contributed by atoms with Gasteiger partial charge in [-0.05, 0) is 57.0 Å². The van der Waals surface area contributed by atoms with Crippen LogP contribution in [0.4, 0.5) is 8.78 Å². The van der Waals surface area contributed by atoms with Crippen LogP contribution in [-0.4, -0.2) is 49.8 Å². The molecule has 0 atom stereocenters. The number of piperidine rings is 2. The van der Waals surface area contributed by atoms with E-state index in [0.29, 0.717) is 19.1 Å². The Kier molecular flexibility index (Phi) is 4.98. The molecule has 0 spiro atoms. The molecule has 0 N–H and O–H groups in total. The summed E-state index contributed by atoms with van der Waals surface area (Å²) in [6.45, 7) is 3.06. The summed E-state index contributed by atoms with van der Waals surface area (Å²) < 4.78 is 52.8. The maximum Gasteiger partial charge on any atom is 0.243 e. The van der Waals surface area contributed by atoms with Gasteiger partial charge in [0.15, 0.2) is 11.6 Å². The second-order valence-electron chi connectivity index (χ2n) is 6.31. The monoisotopic (exact) mass is 344 g/mol. The van der Waals surface area contributed by atoms with Crippen molar-refractivity contribution in [3.63, 3.8) is 0 Å². The third kappa shape index (κ3) is 3.56. The first-order valence-corrected chi connectivity index (χ1v) is 9.62. The van der Waals surface area contributed by atoms with Gasteiger partial charge in [0.2, 0.25) is 10.0 Å². The van der Waals surface area contributed by atoms with Gasteiger partial charge in [-0.15, -0.1) is 0 Å². The number of halogens is 2. The van der Waals surface area contributed by atoms with Gasteiger partial charge in [-0.25, -0.2) is 17.2 Å². The summed E-state index contributed by atoms with van der Waals surface area (Å²) in [6.07, 6.45) is 5.30. The molecule has 1 aromatic rings. The smallest absolute Gasteiger partial charge is 0.243 e. The van der Waals surface area contributed by atoms with E-state index in [2.05, 4.69) is 4.90 Å². The summed E-state index contributed by atoms with van der Waals surface area (Å²) in [4.78, 5) is 2.29. The number of sulfonamides is 1. The molecule has 7 heteroatoms. The van der Waals surface area contributed by atoms with E-state index in [-0.39, 0.29) is 4.90 Å². The van der Waals surface area contributed by atoms with Gasteiger partial charge in [0.25, 0.3) is 0 Å². The summed E-state index contributed by atoms with van der Waals surface area (Å²) in [5.74, 6) is -2.16. The van der Waals surface area contributed by atoms with Gasteiger partial charge >= 0.3 is 0 Å². The van der Waals surface area contributed by atoms with E-state index in [1.54, 1.807) is 0 Å². The van der Waals surface area contributed by atoms with Crippen molar-refractivity contribution in [2.75, 3.05) is 26.2 Å². The highest BCUT2D eigenvalue weighted by Gasteiger charge is 2.32. The van der Waals surface area contributed by atoms with Crippen molar-refractivity contribution >= 4 is 10.0 Å². The van der Waals surface area contributed by atoms with Crippen LogP contribution in [0.2, 0.25) is 0 Å². The molecule has 2 saturated heterocycles. The summed E-state index contributed by atoms with van der Waals surface area (Å²) in [5.41, 5.74) is 0. The van der Waals surface area contributed by atoms with Crippen molar-refractivity contribution in [1.82, 2.24) is 9.21 Å². The quantitative estimate of drug-likeness (QED) is 0.846. The molecule has 4 nitrogen and oxygen atoms in total. The molecule has 3 rings (SSSR count). The zero-order chi connectivity index (χ0) is 16.4. The van der Waals surface area contributed by atoms with Gasteiger partial charge in [-0.3, -0.25) is 0 Å². The predicted octanol–water partition coefficient (Wildman–Crippen LogP) is 2.60. The Hall–Kier alpha value is -1.05. The van der Waals surface area contributed by atoms with Gasteiger partial charge < -0.3 is 4.90 Å². The first-order valence-electron chi connectivity index (χ1n) is 8.18. The number of nitrogens with zero attached hydrogens (tertiary/aromatic N) is 2. The Balaban J connectivity index is 1.67. The lowest BCUT2D eigenvalue weighted by molar-refractivity contribution is 0.118. The second kappa shape index (κ2) is 6.83. The molecule has 0 unspecified atom stereocenters. The molecule has 1 aromatic carbocycles. The van der Waals surface area contributed by atoms with Crippen LogP contribution in [0.3, 0.4) is 0 Å². The van der Waals surface area contributed by atoms with Crippen LogP contribution in [0.5, 0.6) is 0 Å². The third-order valence-electron chi connectivity index (χ3n) is 4.86. The Labute approximate surface area is 136 Å². The molecule has 2 fully saturated rings. The van der Waals surface area contributed by atoms with Crippen LogP contribution in [0.25, 0.3) is 0 Å². The lowest BCUT2D eigenvalue weighted by Crippen LogP contribution is -2.48. The lowest BCUT2D eigenvalue weighted by Gasteiger charge is -2.39. The molecule has 0 aliphatic carbocycles. The van der Waals surface area contributed by atoms with E-state index in [1.165, 1.54) is 23.6 Å². The van der Waals surface area contributed by atoms with Crippen molar-refractivity contribution in [2.24, 2.45) is 0 Å². The first-order chi connectivity index (χ1) is 11.0. The fourth-order valence-electron chi connectivity index (χ4n) is 3.52. The van der Waals surface area contributed by atoms with Gasteiger partial charge in [-0.2, -0.15) is 4.31 Å². The largest absolute Gasteiger partial charge is 0.300 e. The van der Waals surface area contributed by atoms with Crippen molar-refractivity contribution < 1.29 is 17.2 Å². The predicted molar refractivity (Wildman–Crippen MR) is 83.6 cm³/mol. The van der Waals surface area contributed by atoms with Crippen LogP contribution < -0.4 is 0 Å². The fourth-order valence-corrected chi connectivity index (χ4v) is 5.00. The second-order valence-corrected chi connectivity index (χ2v) is 8.25. The molecule has 0 bridgehead atoms. The Morgan fingerprint density at radius 2 is 1.57 bits per heavy atom. The summed E-state index contributed by atoms with van der Waals surface area (Å²) >= 11 is 0. The van der Waals surface area contributed by atoms with Gasteiger partial charge in [0, 0.05) is 19.1 Å². The zero-order valence-electron chi connectivity index (χ0n) is 13.0.